The van der Waals surface area contributed by atoms with Gasteiger partial charge in [-0.15, -0.1) is 0 Å². The van der Waals surface area contributed by atoms with Gasteiger partial charge in [0.05, 0.1) is 5.56 Å². The second kappa shape index (κ2) is 5.82. The molecule has 0 aliphatic rings. The number of halogens is 1. The van der Waals surface area contributed by atoms with Gasteiger partial charge in [-0.1, -0.05) is 5.46 Å². The van der Waals surface area contributed by atoms with Crippen molar-refractivity contribution >= 4 is 25.1 Å². The zero-order valence-corrected chi connectivity index (χ0v) is 11.6. The van der Waals surface area contributed by atoms with Gasteiger partial charge in [0.1, 0.15) is 19.8 Å². The van der Waals surface area contributed by atoms with Gasteiger partial charge < -0.3 is 15.6 Å². The SMILES string of the molecule is Bc1cnc(N)c(O[C@H](C)c2cc(F)ccc2C(=O)O)c1. The van der Waals surface area contributed by atoms with Crippen LogP contribution in [0.3, 0.4) is 0 Å². The smallest absolute Gasteiger partial charge is 0.336 e. The second-order valence-electron chi connectivity index (χ2n) is 4.69. The quantitative estimate of drug-likeness (QED) is 0.816. The first-order chi connectivity index (χ1) is 9.88. The summed E-state index contributed by atoms with van der Waals surface area (Å²) in [4.78, 5) is 15.2. The monoisotopic (exact) mass is 288 g/mol. The molecule has 0 radical (unpaired) electrons. The third-order valence-electron chi connectivity index (χ3n) is 3.00. The Morgan fingerprint density at radius 2 is 2.19 bits per heavy atom. The van der Waals surface area contributed by atoms with Crippen LogP contribution in [0, 0.1) is 5.82 Å². The van der Waals surface area contributed by atoms with Gasteiger partial charge in [-0.3, -0.25) is 0 Å². The van der Waals surface area contributed by atoms with E-state index in [0.29, 0.717) is 5.75 Å². The summed E-state index contributed by atoms with van der Waals surface area (Å²) in [6, 6.07) is 5.15. The van der Waals surface area contributed by atoms with Crippen LogP contribution < -0.4 is 15.9 Å². The number of hydrogen-bond donors (Lipinski definition) is 2. The molecular formula is C14H14BFN2O3. The topological polar surface area (TPSA) is 85.4 Å². The van der Waals surface area contributed by atoms with Crippen LogP contribution >= 0.6 is 0 Å². The van der Waals surface area contributed by atoms with Gasteiger partial charge in [-0.05, 0) is 31.2 Å². The van der Waals surface area contributed by atoms with E-state index in [9.17, 15) is 9.18 Å². The highest BCUT2D eigenvalue weighted by molar-refractivity contribution is 6.32. The van der Waals surface area contributed by atoms with E-state index in [1.165, 1.54) is 6.07 Å². The standard InChI is InChI=1S/C14H14BFN2O3/c1-7(21-12-4-8(15)6-18-13(12)17)11-5-9(16)2-3-10(11)14(19)20/h2-7H,15H2,1H3,(H2,17,18)(H,19,20)/t7-/m1/s1. The number of benzene rings is 1. The summed E-state index contributed by atoms with van der Waals surface area (Å²) >= 11 is 0. The number of aromatic nitrogens is 1. The predicted octanol–water partition coefficient (Wildman–Crippen LogP) is 0.900. The maximum absolute atomic E-state index is 13.4. The third kappa shape index (κ3) is 3.31. The first-order valence-corrected chi connectivity index (χ1v) is 6.30. The lowest BCUT2D eigenvalue weighted by molar-refractivity contribution is 0.0691. The van der Waals surface area contributed by atoms with Crippen LogP contribution in [0.15, 0.2) is 30.5 Å². The van der Waals surface area contributed by atoms with Crippen molar-refractivity contribution in [1.29, 1.82) is 0 Å². The molecule has 0 fully saturated rings. The molecule has 7 heteroatoms. The van der Waals surface area contributed by atoms with Gasteiger partial charge in [0, 0.05) is 11.8 Å². The molecule has 0 spiro atoms. The number of nitrogens with zero attached hydrogens (tertiary/aromatic N) is 1. The summed E-state index contributed by atoms with van der Waals surface area (Å²) in [7, 11) is 1.83. The van der Waals surface area contributed by atoms with Crippen molar-refractivity contribution in [2.75, 3.05) is 5.73 Å². The predicted molar refractivity (Wildman–Crippen MR) is 79.2 cm³/mol. The highest BCUT2D eigenvalue weighted by atomic mass is 19.1. The minimum Gasteiger partial charge on any atom is -0.482 e. The molecule has 3 N–H and O–H groups in total. The summed E-state index contributed by atoms with van der Waals surface area (Å²) in [5.74, 6) is -1.14. The molecule has 1 aromatic heterocycles. The minimum absolute atomic E-state index is 0.0110. The van der Waals surface area contributed by atoms with Gasteiger partial charge in [0.25, 0.3) is 0 Å². The van der Waals surface area contributed by atoms with Crippen LogP contribution in [-0.4, -0.2) is 23.9 Å². The lowest BCUT2D eigenvalue weighted by atomic mass is 9.98. The lowest BCUT2D eigenvalue weighted by Gasteiger charge is -2.18. The average molecular weight is 288 g/mol. The summed E-state index contributed by atoms with van der Waals surface area (Å²) in [5.41, 5.74) is 6.80. The number of nitrogen functional groups attached to an aromatic ring is 1. The van der Waals surface area contributed by atoms with Crippen molar-refractivity contribution in [3.05, 3.63) is 47.4 Å². The molecule has 1 heterocycles. The Morgan fingerprint density at radius 1 is 1.48 bits per heavy atom. The molecule has 0 aliphatic heterocycles. The fourth-order valence-corrected chi connectivity index (χ4v) is 1.97. The zero-order chi connectivity index (χ0) is 15.6. The van der Waals surface area contributed by atoms with E-state index in [0.717, 1.165) is 17.6 Å². The largest absolute Gasteiger partial charge is 0.482 e. The molecule has 0 bridgehead atoms. The number of hydrogen-bond acceptors (Lipinski definition) is 4. The van der Waals surface area contributed by atoms with E-state index >= 15 is 0 Å². The Morgan fingerprint density at radius 3 is 2.86 bits per heavy atom. The Labute approximate surface area is 122 Å². The molecule has 5 nitrogen and oxygen atoms in total. The Kier molecular flexibility index (Phi) is 4.11. The number of aromatic carboxylic acids is 1. The highest BCUT2D eigenvalue weighted by Gasteiger charge is 2.19. The normalized spacial score (nSPS) is 11.9. The molecule has 0 aliphatic carbocycles. The fourth-order valence-electron chi connectivity index (χ4n) is 1.97. The molecule has 0 unspecified atom stereocenters. The number of pyridine rings is 1. The van der Waals surface area contributed by atoms with Crippen molar-refractivity contribution < 1.29 is 19.0 Å². The van der Waals surface area contributed by atoms with Crippen LogP contribution in [0.5, 0.6) is 5.75 Å². The van der Waals surface area contributed by atoms with E-state index in [1.807, 2.05) is 7.85 Å². The van der Waals surface area contributed by atoms with E-state index in [2.05, 4.69) is 4.98 Å². The van der Waals surface area contributed by atoms with Crippen LogP contribution in [0.25, 0.3) is 0 Å². The first kappa shape index (κ1) is 14.8. The van der Waals surface area contributed by atoms with Crippen molar-refractivity contribution in [3.63, 3.8) is 0 Å². The van der Waals surface area contributed by atoms with Gasteiger partial charge in [0.2, 0.25) is 0 Å². The van der Waals surface area contributed by atoms with E-state index in [1.54, 1.807) is 19.2 Å². The Bertz CT molecular complexity index is 694. The molecule has 1 aromatic carbocycles. The molecule has 1 atom stereocenters. The zero-order valence-electron chi connectivity index (χ0n) is 11.6. The molecule has 21 heavy (non-hydrogen) atoms. The minimum atomic E-state index is -1.14. The number of rotatable bonds is 4. The number of anilines is 1. The van der Waals surface area contributed by atoms with E-state index in [4.69, 9.17) is 15.6 Å². The number of nitrogens with two attached hydrogens (primary N) is 1. The van der Waals surface area contributed by atoms with Crippen molar-refractivity contribution in [2.24, 2.45) is 0 Å². The van der Waals surface area contributed by atoms with Crippen molar-refractivity contribution in [3.8, 4) is 5.75 Å². The van der Waals surface area contributed by atoms with Gasteiger partial charge in [-0.25, -0.2) is 14.2 Å². The van der Waals surface area contributed by atoms with Crippen LogP contribution in [0.4, 0.5) is 10.2 Å². The molecule has 0 saturated heterocycles. The average Bonchev–Trinajstić information content (AvgIpc) is 2.42. The molecular weight excluding hydrogens is 274 g/mol. The van der Waals surface area contributed by atoms with Crippen LogP contribution in [0.2, 0.25) is 0 Å². The summed E-state index contributed by atoms with van der Waals surface area (Å²) in [6.45, 7) is 1.63. The van der Waals surface area contributed by atoms with E-state index < -0.39 is 17.9 Å². The first-order valence-electron chi connectivity index (χ1n) is 6.30. The van der Waals surface area contributed by atoms with Gasteiger partial charge in [0.15, 0.2) is 11.6 Å². The molecule has 0 amide bonds. The highest BCUT2D eigenvalue weighted by Crippen LogP contribution is 2.27. The molecule has 108 valence electrons. The van der Waals surface area contributed by atoms with Gasteiger partial charge >= 0.3 is 5.97 Å². The fraction of sp³-hybridized carbons (Fsp3) is 0.143. The summed E-state index contributed by atoms with van der Waals surface area (Å²) in [5, 5.41) is 9.16. The maximum Gasteiger partial charge on any atom is 0.336 e. The molecule has 2 rings (SSSR count). The number of ether oxygens (including phenoxy) is 1. The summed E-state index contributed by atoms with van der Waals surface area (Å²) in [6.07, 6.45) is 0.912. The number of carboxylic acids is 1. The molecule has 2 aromatic rings. The van der Waals surface area contributed by atoms with Crippen molar-refractivity contribution in [2.45, 2.75) is 13.0 Å². The van der Waals surface area contributed by atoms with Crippen LogP contribution in [-0.2, 0) is 0 Å². The van der Waals surface area contributed by atoms with Crippen molar-refractivity contribution in [1.82, 2.24) is 4.98 Å². The van der Waals surface area contributed by atoms with Gasteiger partial charge in [-0.2, -0.15) is 0 Å². The number of carboxylic acid groups (broad SMARTS) is 1. The van der Waals surface area contributed by atoms with E-state index in [-0.39, 0.29) is 16.9 Å². The molecule has 0 saturated carbocycles. The number of carbonyl (C=O) groups is 1. The second-order valence-corrected chi connectivity index (χ2v) is 4.69. The van der Waals surface area contributed by atoms with Crippen LogP contribution in [0.1, 0.15) is 28.9 Å². The Balaban J connectivity index is 2.36. The third-order valence-corrected chi connectivity index (χ3v) is 3.00. The Hall–Kier alpha value is -2.57. The lowest BCUT2D eigenvalue weighted by Crippen LogP contribution is -2.13. The summed E-state index contributed by atoms with van der Waals surface area (Å²) < 4.78 is 19.0. The maximum atomic E-state index is 13.4.